The number of halogens is 3. The van der Waals surface area contributed by atoms with Crippen LogP contribution in [0.1, 0.15) is 17.0 Å². The van der Waals surface area contributed by atoms with E-state index in [2.05, 4.69) is 35.7 Å². The molecule has 2 aromatic heterocycles. The maximum Gasteiger partial charge on any atom is 0.416 e. The van der Waals surface area contributed by atoms with Crippen molar-refractivity contribution < 1.29 is 27.5 Å². The van der Waals surface area contributed by atoms with Gasteiger partial charge in [0, 0.05) is 24.0 Å². The second-order valence-corrected chi connectivity index (χ2v) is 8.49. The fraction of sp³-hybridized carbons (Fsp3) is 0.280. The number of rotatable bonds is 11. The summed E-state index contributed by atoms with van der Waals surface area (Å²) < 4.78 is 44.4. The number of nitrogens with two attached hydrogens (primary N) is 1. The van der Waals surface area contributed by atoms with Crippen molar-refractivity contribution in [2.24, 2.45) is 5.90 Å². The standard InChI is InChI=1S/C25H29F3N8O3/c1-16-22(23(33-15-32-16)38-10-9-36(2)3)17-7-8-20(31-12-17)13-30-14-21(39-29)35-24(37)34-19-6-4-5-18(11-19)25(26,27)28/h4-8,11-12,14-15,30H,9-10,13,29H2,1-3H3,(H2,34,35,37)/b21-14-. The number of alkyl halides is 3. The third-order valence-electron chi connectivity index (χ3n) is 5.22. The minimum absolute atomic E-state index is 0.0544. The Balaban J connectivity index is 1.58. The van der Waals surface area contributed by atoms with E-state index in [0.29, 0.717) is 18.2 Å². The highest BCUT2D eigenvalue weighted by Crippen LogP contribution is 2.31. The number of nitrogens with one attached hydrogen (secondary N) is 3. The normalized spacial score (nSPS) is 11.7. The Labute approximate surface area is 223 Å². The third kappa shape index (κ3) is 8.83. The number of carbonyl (C=O) groups is 1. The van der Waals surface area contributed by atoms with Gasteiger partial charge in [-0.3, -0.25) is 10.3 Å². The molecule has 0 radical (unpaired) electrons. The lowest BCUT2D eigenvalue weighted by atomic mass is 10.1. The third-order valence-corrected chi connectivity index (χ3v) is 5.22. The van der Waals surface area contributed by atoms with Crippen molar-refractivity contribution in [1.82, 2.24) is 30.5 Å². The number of ether oxygens (including phenoxy) is 1. The van der Waals surface area contributed by atoms with Crippen LogP contribution in [0.3, 0.4) is 0 Å². The number of anilines is 1. The fourth-order valence-corrected chi connectivity index (χ4v) is 3.29. The van der Waals surface area contributed by atoms with Gasteiger partial charge in [-0.1, -0.05) is 12.1 Å². The van der Waals surface area contributed by atoms with Crippen LogP contribution in [0.4, 0.5) is 23.7 Å². The van der Waals surface area contributed by atoms with Crippen LogP contribution in [0.15, 0.2) is 61.0 Å². The van der Waals surface area contributed by atoms with Crippen molar-refractivity contribution in [3.63, 3.8) is 0 Å². The Kier molecular flexibility index (Phi) is 10.0. The Morgan fingerprint density at radius 1 is 1.15 bits per heavy atom. The highest BCUT2D eigenvalue weighted by Gasteiger charge is 2.30. The van der Waals surface area contributed by atoms with E-state index in [1.807, 2.05) is 32.0 Å². The average Bonchev–Trinajstić information content (AvgIpc) is 2.88. The zero-order valence-electron chi connectivity index (χ0n) is 21.5. The molecule has 0 spiro atoms. The molecular formula is C25H29F3N8O3. The zero-order valence-corrected chi connectivity index (χ0v) is 21.5. The molecule has 0 aliphatic heterocycles. The molecule has 0 atom stereocenters. The molecule has 0 saturated heterocycles. The smallest absolute Gasteiger partial charge is 0.416 e. The van der Waals surface area contributed by atoms with Gasteiger partial charge in [0.25, 0.3) is 0 Å². The maximum atomic E-state index is 12.9. The van der Waals surface area contributed by atoms with Crippen LogP contribution in [0, 0.1) is 6.92 Å². The highest BCUT2D eigenvalue weighted by atomic mass is 19.4. The molecule has 11 nitrogen and oxygen atoms in total. The molecule has 0 aliphatic carbocycles. The number of urea groups is 1. The van der Waals surface area contributed by atoms with Crippen LogP contribution in [-0.4, -0.2) is 53.1 Å². The van der Waals surface area contributed by atoms with Crippen LogP contribution in [0.2, 0.25) is 0 Å². The minimum Gasteiger partial charge on any atom is -0.476 e. The molecular weight excluding hydrogens is 517 g/mol. The van der Waals surface area contributed by atoms with Crippen LogP contribution >= 0.6 is 0 Å². The van der Waals surface area contributed by atoms with Gasteiger partial charge < -0.3 is 25.1 Å². The number of aryl methyl sites for hydroxylation is 1. The summed E-state index contributed by atoms with van der Waals surface area (Å²) in [6, 6.07) is 7.01. The number of aromatic nitrogens is 3. The number of amides is 2. The first-order valence-electron chi connectivity index (χ1n) is 11.7. The summed E-state index contributed by atoms with van der Waals surface area (Å²) in [6.45, 7) is 3.31. The fourth-order valence-electron chi connectivity index (χ4n) is 3.29. The average molecular weight is 547 g/mol. The number of pyridine rings is 1. The van der Waals surface area contributed by atoms with Gasteiger partial charge in [-0.2, -0.15) is 19.1 Å². The summed E-state index contributed by atoms with van der Waals surface area (Å²) in [5.74, 6) is 5.50. The van der Waals surface area contributed by atoms with Gasteiger partial charge >= 0.3 is 12.2 Å². The van der Waals surface area contributed by atoms with E-state index in [0.717, 1.165) is 35.5 Å². The summed E-state index contributed by atoms with van der Waals surface area (Å²) in [5, 5.41) is 7.48. The lowest BCUT2D eigenvalue weighted by molar-refractivity contribution is -0.137. The SMILES string of the molecule is Cc1ncnc(OCCN(C)C)c1-c1ccc(CN/C=C(/NC(=O)Nc2cccc(C(F)(F)F)c2)ON)nc1. The molecule has 0 aliphatic rings. The maximum absolute atomic E-state index is 12.9. The number of likely N-dealkylation sites (N-methyl/N-ethyl adjacent to an activating group) is 1. The van der Waals surface area contributed by atoms with Crippen molar-refractivity contribution in [2.75, 3.05) is 32.6 Å². The van der Waals surface area contributed by atoms with Gasteiger partial charge in [-0.15, -0.1) is 0 Å². The molecule has 2 heterocycles. The lowest BCUT2D eigenvalue weighted by Gasteiger charge is -2.14. The summed E-state index contributed by atoms with van der Waals surface area (Å²) in [5.41, 5.74) is 1.99. The summed E-state index contributed by atoms with van der Waals surface area (Å²) in [7, 11) is 3.91. The number of hydrogen-bond acceptors (Lipinski definition) is 9. The van der Waals surface area contributed by atoms with E-state index in [4.69, 9.17) is 10.6 Å². The van der Waals surface area contributed by atoms with Crippen LogP contribution < -0.4 is 26.6 Å². The van der Waals surface area contributed by atoms with Crippen molar-refractivity contribution in [3.05, 3.63) is 78.0 Å². The molecule has 0 saturated carbocycles. The minimum atomic E-state index is -4.54. The highest BCUT2D eigenvalue weighted by molar-refractivity contribution is 5.90. The molecule has 3 rings (SSSR count). The summed E-state index contributed by atoms with van der Waals surface area (Å²) >= 11 is 0. The first kappa shape index (κ1) is 29.1. The Morgan fingerprint density at radius 2 is 1.95 bits per heavy atom. The van der Waals surface area contributed by atoms with E-state index in [9.17, 15) is 18.0 Å². The second kappa shape index (κ2) is 13.4. The van der Waals surface area contributed by atoms with Crippen LogP contribution in [0.5, 0.6) is 5.88 Å². The van der Waals surface area contributed by atoms with Gasteiger partial charge in [-0.25, -0.2) is 14.8 Å². The molecule has 3 aromatic rings. The van der Waals surface area contributed by atoms with Crippen molar-refractivity contribution in [2.45, 2.75) is 19.6 Å². The first-order chi connectivity index (χ1) is 18.6. The van der Waals surface area contributed by atoms with Gasteiger partial charge in [0.1, 0.15) is 12.9 Å². The zero-order chi connectivity index (χ0) is 28.4. The molecule has 0 unspecified atom stereocenters. The number of carbonyl (C=O) groups excluding carboxylic acids is 1. The van der Waals surface area contributed by atoms with Gasteiger partial charge in [-0.05, 0) is 45.3 Å². The Bertz CT molecular complexity index is 1280. The molecule has 0 fully saturated rings. The van der Waals surface area contributed by atoms with E-state index < -0.39 is 17.8 Å². The molecule has 14 heteroatoms. The predicted molar refractivity (Wildman–Crippen MR) is 138 cm³/mol. The largest absolute Gasteiger partial charge is 0.476 e. The van der Waals surface area contributed by atoms with Gasteiger partial charge in [0.15, 0.2) is 0 Å². The Hall–Kier alpha value is -4.43. The summed E-state index contributed by atoms with van der Waals surface area (Å²) in [6.07, 6.45) is -0.127. The topological polar surface area (TPSA) is 140 Å². The molecule has 5 N–H and O–H groups in total. The monoisotopic (exact) mass is 546 g/mol. The van der Waals surface area contributed by atoms with Crippen molar-refractivity contribution >= 4 is 11.7 Å². The van der Waals surface area contributed by atoms with Crippen molar-refractivity contribution in [1.29, 1.82) is 0 Å². The van der Waals surface area contributed by atoms with Crippen LogP contribution in [-0.2, 0) is 17.6 Å². The Morgan fingerprint density at radius 3 is 2.62 bits per heavy atom. The van der Waals surface area contributed by atoms with E-state index >= 15 is 0 Å². The van der Waals surface area contributed by atoms with Crippen molar-refractivity contribution in [3.8, 4) is 17.0 Å². The molecule has 1 aromatic carbocycles. The molecule has 0 bridgehead atoms. The second-order valence-electron chi connectivity index (χ2n) is 8.49. The predicted octanol–water partition coefficient (Wildman–Crippen LogP) is 3.41. The summed E-state index contributed by atoms with van der Waals surface area (Å²) in [4.78, 5) is 31.7. The molecule has 39 heavy (non-hydrogen) atoms. The van der Waals surface area contributed by atoms with Gasteiger partial charge in [0.2, 0.25) is 11.8 Å². The van der Waals surface area contributed by atoms with E-state index in [-0.39, 0.29) is 18.1 Å². The van der Waals surface area contributed by atoms with Crippen LogP contribution in [0.25, 0.3) is 11.1 Å². The lowest BCUT2D eigenvalue weighted by Crippen LogP contribution is -2.31. The quantitative estimate of drug-likeness (QED) is 0.210. The number of nitrogens with zero attached hydrogens (tertiary/aromatic N) is 4. The first-order valence-corrected chi connectivity index (χ1v) is 11.7. The number of benzene rings is 1. The molecule has 2 amide bonds. The molecule has 208 valence electrons. The number of hydrogen-bond donors (Lipinski definition) is 4. The van der Waals surface area contributed by atoms with Gasteiger partial charge in [0.05, 0.1) is 35.3 Å². The van der Waals surface area contributed by atoms with E-state index in [1.165, 1.54) is 24.7 Å². The van der Waals surface area contributed by atoms with E-state index in [1.54, 1.807) is 12.3 Å².